The number of benzene rings is 1. The van der Waals surface area contributed by atoms with Crippen LogP contribution in [-0.2, 0) is 6.42 Å². The molecule has 11 nitrogen and oxygen atoms in total. The van der Waals surface area contributed by atoms with Crippen LogP contribution in [0.25, 0.3) is 33.1 Å². The van der Waals surface area contributed by atoms with E-state index >= 15 is 4.39 Å². The number of rotatable bonds is 8. The number of nitrogens with one attached hydrogen (secondary N) is 1. The second-order valence-corrected chi connectivity index (χ2v) is 15.9. The largest absolute Gasteiger partial charge is 0.461 e. The van der Waals surface area contributed by atoms with Crippen molar-refractivity contribution in [2.45, 2.75) is 81.6 Å². The molecule has 5 aliphatic rings. The highest BCUT2D eigenvalue weighted by Gasteiger charge is 2.50. The van der Waals surface area contributed by atoms with Crippen LogP contribution in [-0.4, -0.2) is 90.9 Å². The zero-order valence-corrected chi connectivity index (χ0v) is 28.7. The molecule has 2 unspecified atom stereocenters. The van der Waals surface area contributed by atoms with Crippen LogP contribution in [0.15, 0.2) is 29.3 Å². The van der Waals surface area contributed by atoms with Gasteiger partial charge in [-0.05, 0) is 80.4 Å². The summed E-state index contributed by atoms with van der Waals surface area (Å²) in [6.45, 7) is 2.73. The fourth-order valence-corrected chi connectivity index (χ4v) is 10.1. The van der Waals surface area contributed by atoms with Crippen molar-refractivity contribution in [2.75, 3.05) is 37.7 Å². The number of aromatic nitrogens is 7. The Balaban J connectivity index is 1.08. The molecular formula is C36H37ClF3N9O2. The molecule has 4 atom stereocenters. The third-order valence-electron chi connectivity index (χ3n) is 12.3. The number of hydrogen-bond acceptors (Lipinski definition) is 10. The lowest BCUT2D eigenvalue weighted by Crippen LogP contribution is -2.51. The molecule has 3 saturated heterocycles. The van der Waals surface area contributed by atoms with Gasteiger partial charge >= 0.3 is 6.01 Å². The lowest BCUT2D eigenvalue weighted by Gasteiger charge is -2.50. The van der Waals surface area contributed by atoms with Crippen LogP contribution in [0.1, 0.15) is 68.7 Å². The van der Waals surface area contributed by atoms with Gasteiger partial charge in [0.1, 0.15) is 36.0 Å². The SMILES string of the molecule is Fc1c(-c2c(C3CC3Cc3nnco3)c(Cl)cc3[nH]ncc23)ncc2c(N3CCCC4(CC(F)C4)C3)nc(OC[C@@]34CCCN3C[C@H](F)C4)nc12. The Labute approximate surface area is 296 Å². The maximum Gasteiger partial charge on any atom is 0.319 e. The van der Waals surface area contributed by atoms with Gasteiger partial charge in [0.15, 0.2) is 5.82 Å². The lowest BCUT2D eigenvalue weighted by molar-refractivity contribution is 0.0132. The average molecular weight is 720 g/mol. The van der Waals surface area contributed by atoms with Gasteiger partial charge in [-0.15, -0.1) is 10.2 Å². The summed E-state index contributed by atoms with van der Waals surface area (Å²) in [5, 5.41) is 16.7. The first kappa shape index (κ1) is 31.7. The Bertz CT molecular complexity index is 2140. The number of alkyl halides is 2. The molecule has 5 aromatic rings. The van der Waals surface area contributed by atoms with E-state index in [1.165, 1.54) is 6.39 Å². The molecule has 15 heteroatoms. The van der Waals surface area contributed by atoms with Crippen molar-refractivity contribution < 1.29 is 22.3 Å². The number of pyridine rings is 1. The predicted molar refractivity (Wildman–Crippen MR) is 183 cm³/mol. The average Bonchev–Trinajstić information content (AvgIpc) is 3.54. The zero-order valence-electron chi connectivity index (χ0n) is 27.9. The van der Waals surface area contributed by atoms with Crippen LogP contribution in [0.2, 0.25) is 5.02 Å². The lowest BCUT2D eigenvalue weighted by atomic mass is 9.63. The van der Waals surface area contributed by atoms with E-state index in [1.807, 2.05) is 6.07 Å². The summed E-state index contributed by atoms with van der Waals surface area (Å²) in [5.74, 6) is 0.636. The molecule has 1 spiro atoms. The minimum absolute atomic E-state index is 0.0150. The van der Waals surface area contributed by atoms with E-state index in [2.05, 4.69) is 30.2 Å². The summed E-state index contributed by atoms with van der Waals surface area (Å²) in [6.07, 6.45) is 9.33. The summed E-state index contributed by atoms with van der Waals surface area (Å²) < 4.78 is 57.9. The number of piperidine rings is 1. The second kappa shape index (κ2) is 11.7. The summed E-state index contributed by atoms with van der Waals surface area (Å²) in [5.41, 5.74) is 1.64. The van der Waals surface area contributed by atoms with E-state index in [9.17, 15) is 8.78 Å². The molecule has 0 amide bonds. The van der Waals surface area contributed by atoms with Crippen LogP contribution in [0.5, 0.6) is 6.01 Å². The van der Waals surface area contributed by atoms with Crippen LogP contribution >= 0.6 is 11.6 Å². The van der Waals surface area contributed by atoms with Crippen molar-refractivity contribution in [3.05, 3.63) is 47.1 Å². The van der Waals surface area contributed by atoms with E-state index in [0.717, 1.165) is 44.2 Å². The quantitative estimate of drug-likeness (QED) is 0.184. The summed E-state index contributed by atoms with van der Waals surface area (Å²) in [4.78, 5) is 18.6. The summed E-state index contributed by atoms with van der Waals surface area (Å²) in [7, 11) is 0. The van der Waals surface area contributed by atoms with E-state index in [1.54, 1.807) is 12.4 Å². The predicted octanol–water partition coefficient (Wildman–Crippen LogP) is 6.76. The van der Waals surface area contributed by atoms with Gasteiger partial charge in [-0.2, -0.15) is 15.1 Å². The van der Waals surface area contributed by atoms with Crippen molar-refractivity contribution in [2.24, 2.45) is 11.3 Å². The highest BCUT2D eigenvalue weighted by Crippen LogP contribution is 2.56. The van der Waals surface area contributed by atoms with Crippen molar-refractivity contribution in [1.29, 1.82) is 0 Å². The topological polar surface area (TPSA) is 122 Å². The zero-order chi connectivity index (χ0) is 34.5. The molecule has 3 aliphatic heterocycles. The van der Waals surface area contributed by atoms with Crippen LogP contribution < -0.4 is 9.64 Å². The monoisotopic (exact) mass is 719 g/mol. The molecular weight excluding hydrogens is 683 g/mol. The highest BCUT2D eigenvalue weighted by atomic mass is 35.5. The van der Waals surface area contributed by atoms with E-state index in [4.69, 9.17) is 35.7 Å². The Hall–Kier alpha value is -4.04. The molecule has 7 heterocycles. The van der Waals surface area contributed by atoms with Gasteiger partial charge in [0.2, 0.25) is 12.3 Å². The van der Waals surface area contributed by atoms with Crippen molar-refractivity contribution in [3.8, 4) is 17.3 Å². The number of aromatic amines is 1. The molecule has 1 aromatic carbocycles. The van der Waals surface area contributed by atoms with Gasteiger partial charge < -0.3 is 14.1 Å². The number of H-pyrrole nitrogens is 1. The molecule has 2 saturated carbocycles. The third-order valence-corrected chi connectivity index (χ3v) is 12.6. The van der Waals surface area contributed by atoms with E-state index < -0.39 is 23.7 Å². The van der Waals surface area contributed by atoms with Crippen molar-refractivity contribution in [3.63, 3.8) is 0 Å². The number of anilines is 1. The maximum absolute atomic E-state index is 17.4. The first-order valence-electron chi connectivity index (χ1n) is 18.0. The van der Waals surface area contributed by atoms with E-state index in [-0.39, 0.29) is 41.1 Å². The van der Waals surface area contributed by atoms with Gasteiger partial charge in [-0.1, -0.05) is 11.6 Å². The number of fused-ring (bicyclic) bond motifs is 3. The minimum atomic E-state index is -0.913. The molecule has 10 rings (SSSR count). The second-order valence-electron chi connectivity index (χ2n) is 15.5. The normalized spacial score (nSPS) is 30.4. The molecule has 0 bridgehead atoms. The van der Waals surface area contributed by atoms with Gasteiger partial charge in [0.05, 0.1) is 22.6 Å². The standard InChI is InChI=1S/C36H37ClF3N9O2/c37-25-9-26-23(14-42-46-26)29(28(25)22-7-19(22)8-27-47-43-18-51-27)32-30(40)31-24(13-41-32)33(48-5-1-3-35(16-48)10-20(38)11-35)45-34(44-31)50-17-36-4-2-6-49(36)15-21(39)12-36/h9,13-14,18-22H,1-8,10-12,15-17H2,(H,42,46)/t19?,20?,21-,22?,35?,36+/m1/s1. The Kier molecular flexibility index (Phi) is 7.29. The molecule has 2 aliphatic carbocycles. The van der Waals surface area contributed by atoms with Gasteiger partial charge in [-0.25, -0.2) is 13.2 Å². The molecule has 51 heavy (non-hydrogen) atoms. The van der Waals surface area contributed by atoms with Crippen LogP contribution in [0.4, 0.5) is 19.0 Å². The fourth-order valence-electron chi connectivity index (χ4n) is 9.78. The first-order chi connectivity index (χ1) is 24.8. The van der Waals surface area contributed by atoms with Gasteiger partial charge in [-0.3, -0.25) is 15.0 Å². The Morgan fingerprint density at radius 3 is 2.78 bits per heavy atom. The van der Waals surface area contributed by atoms with Gasteiger partial charge in [0.25, 0.3) is 0 Å². The fraction of sp³-hybridized carbons (Fsp3) is 0.556. The molecule has 266 valence electrons. The Morgan fingerprint density at radius 1 is 1.06 bits per heavy atom. The number of halogens is 4. The Morgan fingerprint density at radius 2 is 1.94 bits per heavy atom. The number of nitrogens with zero attached hydrogens (tertiary/aromatic N) is 8. The number of ether oxygens (including phenoxy) is 1. The summed E-state index contributed by atoms with van der Waals surface area (Å²) >= 11 is 6.97. The number of hydrogen-bond donors (Lipinski definition) is 1. The molecule has 1 N–H and O–H groups in total. The van der Waals surface area contributed by atoms with Crippen molar-refractivity contribution >= 4 is 39.2 Å². The van der Waals surface area contributed by atoms with Gasteiger partial charge in [0, 0.05) is 54.6 Å². The molecule has 0 radical (unpaired) electrons. The smallest absolute Gasteiger partial charge is 0.319 e. The molecule has 4 aromatic heterocycles. The molecule has 5 fully saturated rings. The highest BCUT2D eigenvalue weighted by molar-refractivity contribution is 6.33. The van der Waals surface area contributed by atoms with Crippen molar-refractivity contribution in [1.82, 2.24) is 40.2 Å². The first-order valence-corrected chi connectivity index (χ1v) is 18.3. The van der Waals surface area contributed by atoms with Crippen LogP contribution in [0, 0.1) is 17.2 Å². The third kappa shape index (κ3) is 5.26. The summed E-state index contributed by atoms with van der Waals surface area (Å²) in [6, 6.07) is 1.86. The maximum atomic E-state index is 17.4. The minimum Gasteiger partial charge on any atom is -0.461 e. The van der Waals surface area contributed by atoms with E-state index in [0.29, 0.717) is 83.9 Å². The van der Waals surface area contributed by atoms with Crippen LogP contribution in [0.3, 0.4) is 0 Å².